The topological polar surface area (TPSA) is 103 Å². The molecular weight excluding hydrogens is 362 g/mol. The van der Waals surface area contributed by atoms with Gasteiger partial charge in [0.1, 0.15) is 12.0 Å². The number of hydrogen-bond donors (Lipinski definition) is 1. The van der Waals surface area contributed by atoms with Crippen LogP contribution in [0.15, 0.2) is 30.6 Å². The normalized spacial score (nSPS) is 10.6. The van der Waals surface area contributed by atoms with E-state index in [1.165, 1.54) is 13.4 Å². The minimum absolute atomic E-state index is 0.400. The Morgan fingerprint density at radius 2 is 1.64 bits per heavy atom. The zero-order valence-electron chi connectivity index (χ0n) is 16.7. The fraction of sp³-hybridized carbons (Fsp3) is 0.421. The molecule has 0 unspecified atom stereocenters. The summed E-state index contributed by atoms with van der Waals surface area (Å²) in [5, 5.41) is 0. The van der Waals surface area contributed by atoms with Crippen LogP contribution in [-0.4, -0.2) is 70.6 Å². The van der Waals surface area contributed by atoms with E-state index in [1.807, 2.05) is 11.0 Å². The van der Waals surface area contributed by atoms with E-state index in [0.29, 0.717) is 54.9 Å². The van der Waals surface area contributed by atoms with E-state index >= 15 is 0 Å². The number of methoxy groups -OCH3 is 3. The van der Waals surface area contributed by atoms with Gasteiger partial charge in [-0.25, -0.2) is 14.8 Å². The van der Waals surface area contributed by atoms with Crippen molar-refractivity contribution in [1.82, 2.24) is 9.97 Å². The fourth-order valence-corrected chi connectivity index (χ4v) is 2.79. The lowest BCUT2D eigenvalue weighted by Gasteiger charge is -2.27. The Bertz CT molecular complexity index is 779. The zero-order chi connectivity index (χ0) is 20.5. The molecule has 0 aliphatic heterocycles. The van der Waals surface area contributed by atoms with E-state index < -0.39 is 5.97 Å². The molecule has 2 rings (SSSR count). The molecule has 9 heteroatoms. The molecule has 0 radical (unpaired) electrons. The van der Waals surface area contributed by atoms with Crippen LogP contribution in [0.4, 0.5) is 23.0 Å². The van der Waals surface area contributed by atoms with Crippen LogP contribution in [0.2, 0.25) is 0 Å². The maximum Gasteiger partial charge on any atom is 0.339 e. The number of anilines is 4. The van der Waals surface area contributed by atoms with Gasteiger partial charge in [-0.05, 0) is 12.1 Å². The molecule has 28 heavy (non-hydrogen) atoms. The van der Waals surface area contributed by atoms with Crippen molar-refractivity contribution in [3.05, 3.63) is 36.2 Å². The van der Waals surface area contributed by atoms with Crippen molar-refractivity contribution in [2.45, 2.75) is 0 Å². The number of nitrogen functional groups attached to an aromatic ring is 1. The Hall–Kier alpha value is -2.91. The minimum Gasteiger partial charge on any atom is -0.465 e. The molecule has 0 atom stereocenters. The van der Waals surface area contributed by atoms with Crippen LogP contribution in [0, 0.1) is 0 Å². The van der Waals surface area contributed by atoms with Crippen LogP contribution < -0.4 is 15.5 Å². The average Bonchev–Trinajstić information content (AvgIpc) is 2.73. The van der Waals surface area contributed by atoms with E-state index in [9.17, 15) is 4.79 Å². The van der Waals surface area contributed by atoms with Gasteiger partial charge in [0.05, 0.1) is 31.6 Å². The molecule has 0 fully saturated rings. The summed E-state index contributed by atoms with van der Waals surface area (Å²) in [6.45, 7) is 2.24. The number of benzene rings is 1. The zero-order valence-corrected chi connectivity index (χ0v) is 16.7. The summed E-state index contributed by atoms with van der Waals surface area (Å²) in [4.78, 5) is 24.5. The van der Waals surface area contributed by atoms with Gasteiger partial charge in [-0.3, -0.25) is 0 Å². The highest BCUT2D eigenvalue weighted by Gasteiger charge is 2.21. The smallest absolute Gasteiger partial charge is 0.339 e. The molecule has 2 aromatic rings. The summed E-state index contributed by atoms with van der Waals surface area (Å²) in [6, 6.07) is 7.11. The second-order valence-corrected chi connectivity index (χ2v) is 5.97. The van der Waals surface area contributed by atoms with Gasteiger partial charge >= 0.3 is 5.97 Å². The van der Waals surface area contributed by atoms with Gasteiger partial charge in [-0.2, -0.15) is 0 Å². The van der Waals surface area contributed by atoms with Gasteiger partial charge in [0.25, 0.3) is 0 Å². The second kappa shape index (κ2) is 10.4. The third-order valence-corrected chi connectivity index (χ3v) is 4.26. The van der Waals surface area contributed by atoms with Crippen molar-refractivity contribution in [3.8, 4) is 0 Å². The Labute approximate surface area is 165 Å². The summed E-state index contributed by atoms with van der Waals surface area (Å²) < 4.78 is 15.3. The standard InChI is InChI=1S/C19H27N5O4/c1-23(15-8-6-5-7-14(15)19(25)28-4)17-16(20)18(22-13-21-17)24(9-11-26-2)10-12-27-3/h5-8,13H,9-12,20H2,1-4H3. The monoisotopic (exact) mass is 389 g/mol. The van der Waals surface area contributed by atoms with Crippen LogP contribution in [0.5, 0.6) is 0 Å². The first-order chi connectivity index (χ1) is 13.5. The molecule has 0 spiro atoms. The molecule has 9 nitrogen and oxygen atoms in total. The largest absolute Gasteiger partial charge is 0.465 e. The SMILES string of the molecule is COCCN(CCOC)c1ncnc(N(C)c2ccccc2C(=O)OC)c1N. The van der Waals surface area contributed by atoms with E-state index in [-0.39, 0.29) is 0 Å². The molecule has 1 aromatic carbocycles. The second-order valence-electron chi connectivity index (χ2n) is 5.97. The summed E-state index contributed by atoms with van der Waals surface area (Å²) in [5.74, 6) is 0.639. The lowest BCUT2D eigenvalue weighted by atomic mass is 10.1. The van der Waals surface area contributed by atoms with Gasteiger partial charge in [-0.15, -0.1) is 0 Å². The van der Waals surface area contributed by atoms with E-state index in [4.69, 9.17) is 19.9 Å². The number of nitrogens with two attached hydrogens (primary N) is 1. The Morgan fingerprint density at radius 1 is 1.04 bits per heavy atom. The van der Waals surface area contributed by atoms with Gasteiger partial charge in [-0.1, -0.05) is 12.1 Å². The number of esters is 1. The summed E-state index contributed by atoms with van der Waals surface area (Å²) >= 11 is 0. The molecular formula is C19H27N5O4. The lowest BCUT2D eigenvalue weighted by molar-refractivity contribution is 0.0601. The molecule has 1 aromatic heterocycles. The number of para-hydroxylation sites is 1. The predicted octanol–water partition coefficient (Wildman–Crippen LogP) is 1.71. The third-order valence-electron chi connectivity index (χ3n) is 4.26. The quantitative estimate of drug-likeness (QED) is 0.608. The summed E-state index contributed by atoms with van der Waals surface area (Å²) in [6.07, 6.45) is 1.45. The highest BCUT2D eigenvalue weighted by atomic mass is 16.5. The van der Waals surface area contributed by atoms with E-state index in [1.54, 1.807) is 44.4 Å². The number of aromatic nitrogens is 2. The summed E-state index contributed by atoms with van der Waals surface area (Å²) in [5.41, 5.74) is 7.87. The third kappa shape index (κ3) is 4.87. The fourth-order valence-electron chi connectivity index (χ4n) is 2.79. The van der Waals surface area contributed by atoms with Crippen LogP contribution in [0.25, 0.3) is 0 Å². The van der Waals surface area contributed by atoms with E-state index in [2.05, 4.69) is 9.97 Å². The van der Waals surface area contributed by atoms with Crippen LogP contribution in [-0.2, 0) is 14.2 Å². The molecule has 152 valence electrons. The number of nitrogens with zero attached hydrogens (tertiary/aromatic N) is 4. The van der Waals surface area contributed by atoms with Crippen molar-refractivity contribution < 1.29 is 19.0 Å². The number of carbonyl (C=O) groups excluding carboxylic acids is 1. The van der Waals surface area contributed by atoms with Crippen LogP contribution >= 0.6 is 0 Å². The molecule has 0 saturated heterocycles. The summed E-state index contributed by atoms with van der Waals surface area (Å²) in [7, 11) is 6.42. The van der Waals surface area contributed by atoms with Gasteiger partial charge in [0.2, 0.25) is 0 Å². The van der Waals surface area contributed by atoms with E-state index in [0.717, 1.165) is 0 Å². The molecule has 0 saturated carbocycles. The molecule has 0 aliphatic rings. The lowest BCUT2D eigenvalue weighted by Crippen LogP contribution is -2.32. The number of carbonyl (C=O) groups is 1. The predicted molar refractivity (Wildman–Crippen MR) is 108 cm³/mol. The maximum absolute atomic E-state index is 12.1. The Kier molecular flexibility index (Phi) is 7.97. The van der Waals surface area contributed by atoms with Crippen LogP contribution in [0.3, 0.4) is 0 Å². The van der Waals surface area contributed by atoms with Gasteiger partial charge < -0.3 is 29.7 Å². The molecule has 1 heterocycles. The van der Waals surface area contributed by atoms with Gasteiger partial charge in [0, 0.05) is 34.4 Å². The first-order valence-electron chi connectivity index (χ1n) is 8.79. The number of hydrogen-bond acceptors (Lipinski definition) is 9. The average molecular weight is 389 g/mol. The highest BCUT2D eigenvalue weighted by molar-refractivity contribution is 5.97. The van der Waals surface area contributed by atoms with Crippen molar-refractivity contribution in [3.63, 3.8) is 0 Å². The maximum atomic E-state index is 12.1. The highest BCUT2D eigenvalue weighted by Crippen LogP contribution is 2.34. The number of rotatable bonds is 10. The first kappa shape index (κ1) is 21.4. The molecule has 0 bridgehead atoms. The molecule has 2 N–H and O–H groups in total. The van der Waals surface area contributed by atoms with Crippen molar-refractivity contribution >= 4 is 29.0 Å². The first-order valence-corrected chi connectivity index (χ1v) is 8.79. The van der Waals surface area contributed by atoms with Gasteiger partial charge in [0.15, 0.2) is 11.6 Å². The van der Waals surface area contributed by atoms with Crippen LogP contribution in [0.1, 0.15) is 10.4 Å². The number of ether oxygens (including phenoxy) is 3. The Morgan fingerprint density at radius 3 is 2.25 bits per heavy atom. The Balaban J connectivity index is 2.42. The molecule has 0 amide bonds. The molecule has 0 aliphatic carbocycles. The van der Waals surface area contributed by atoms with Crippen molar-refractivity contribution in [2.75, 3.05) is 70.2 Å². The minimum atomic E-state index is -0.433. The van der Waals surface area contributed by atoms with Crippen molar-refractivity contribution in [2.24, 2.45) is 0 Å². The van der Waals surface area contributed by atoms with Crippen molar-refractivity contribution in [1.29, 1.82) is 0 Å².